The van der Waals surface area contributed by atoms with Gasteiger partial charge in [-0.3, -0.25) is 9.59 Å². The Hall–Kier alpha value is -3.67. The fourth-order valence-corrected chi connectivity index (χ4v) is 5.57. The van der Waals surface area contributed by atoms with E-state index in [0.29, 0.717) is 6.42 Å². The Morgan fingerprint density at radius 3 is 1.95 bits per heavy atom. The van der Waals surface area contributed by atoms with Crippen LogP contribution in [0.15, 0.2) is 33.0 Å². The van der Waals surface area contributed by atoms with Crippen LogP contribution in [0.3, 0.4) is 0 Å². The number of aromatic nitrogens is 2. The average Bonchev–Trinajstić information content (AvgIpc) is 3.51. The number of hydrogen-bond acceptors (Lipinski definition) is 2. The maximum absolute atomic E-state index is 12.3. The number of rotatable bonds is 7. The fraction of sp³-hybridized carbons (Fsp3) is 0.387. The van der Waals surface area contributed by atoms with Gasteiger partial charge in [-0.15, -0.1) is 0 Å². The van der Waals surface area contributed by atoms with E-state index in [2.05, 4.69) is 67.0 Å². The van der Waals surface area contributed by atoms with E-state index in [4.69, 9.17) is 0 Å². The summed E-state index contributed by atoms with van der Waals surface area (Å²) in [4.78, 5) is 36.0. The first-order valence-corrected chi connectivity index (χ1v) is 13.3. The molecule has 0 radical (unpaired) electrons. The van der Waals surface area contributed by atoms with Crippen molar-refractivity contribution in [3.8, 4) is 0 Å². The second kappa shape index (κ2) is 10.4. The predicted molar refractivity (Wildman–Crippen MR) is 152 cm³/mol. The molecule has 4 heterocycles. The van der Waals surface area contributed by atoms with Gasteiger partial charge in [0.15, 0.2) is 0 Å². The molecule has 0 aliphatic carbocycles. The van der Waals surface area contributed by atoms with Crippen LogP contribution in [0, 0.1) is 13.8 Å². The highest BCUT2D eigenvalue weighted by atomic mass is 16.2. The van der Waals surface area contributed by atoms with Gasteiger partial charge < -0.3 is 15.3 Å². The van der Waals surface area contributed by atoms with E-state index in [1.165, 1.54) is 22.3 Å². The summed E-state index contributed by atoms with van der Waals surface area (Å²) in [5.74, 6) is -0.137. The summed E-state index contributed by atoms with van der Waals surface area (Å²) in [6, 6.07) is 0. The third kappa shape index (κ3) is 4.61. The zero-order chi connectivity index (χ0) is 27.0. The number of amides is 2. The predicted octanol–water partition coefficient (Wildman–Crippen LogP) is 4.60. The molecule has 2 aliphatic heterocycles. The first kappa shape index (κ1) is 26.4. The Labute approximate surface area is 219 Å². The molecule has 0 unspecified atom stereocenters. The van der Waals surface area contributed by atoms with Crippen LogP contribution in [-0.4, -0.2) is 27.5 Å². The van der Waals surface area contributed by atoms with E-state index in [0.717, 1.165) is 75.0 Å². The first-order valence-electron chi connectivity index (χ1n) is 13.3. The van der Waals surface area contributed by atoms with Crippen LogP contribution in [0.2, 0.25) is 0 Å². The molecule has 0 saturated heterocycles. The normalized spacial score (nSPS) is 18.3. The van der Waals surface area contributed by atoms with Crippen molar-refractivity contribution < 1.29 is 9.59 Å². The molecule has 2 aromatic rings. The summed E-state index contributed by atoms with van der Waals surface area (Å²) in [6.45, 7) is 16.5. The molecule has 2 aromatic heterocycles. The van der Waals surface area contributed by atoms with Crippen molar-refractivity contribution in [2.75, 3.05) is 0 Å². The van der Waals surface area contributed by atoms with Gasteiger partial charge >= 0.3 is 0 Å². The summed E-state index contributed by atoms with van der Waals surface area (Å²) in [5.41, 5.74) is 12.2. The number of hydrogen-bond donors (Lipinski definition) is 3. The summed E-state index contributed by atoms with van der Waals surface area (Å²) in [5, 5.41) is 5.06. The lowest BCUT2D eigenvalue weighted by atomic mass is 10.0. The lowest BCUT2D eigenvalue weighted by Gasteiger charge is -2.03. The van der Waals surface area contributed by atoms with Crippen LogP contribution in [0.5, 0.6) is 0 Å². The lowest BCUT2D eigenvalue weighted by Crippen LogP contribution is -2.15. The van der Waals surface area contributed by atoms with Crippen LogP contribution in [-0.2, 0) is 22.4 Å². The molecule has 0 saturated carbocycles. The van der Waals surface area contributed by atoms with Crippen molar-refractivity contribution in [2.45, 2.75) is 81.1 Å². The number of H-pyrrole nitrogens is 2. The number of nitrogens with one attached hydrogen (secondary N) is 3. The molecule has 2 amide bonds. The second-order valence-electron chi connectivity index (χ2n) is 9.84. The first-order chi connectivity index (χ1) is 17.6. The number of aliphatic imine (C=N–C) groups is 1. The maximum Gasteiger partial charge on any atom is 0.273 e. The van der Waals surface area contributed by atoms with Gasteiger partial charge in [0.2, 0.25) is 0 Å². The summed E-state index contributed by atoms with van der Waals surface area (Å²) < 4.78 is 0. The highest BCUT2D eigenvalue weighted by Crippen LogP contribution is 2.28. The standard InChI is InChI=1S/C31H38N4O2/c1-9-20-16(5)24(13-26-18(7)23(12-4)31(37)34-26)32-27(20)15-28-21(10-2)17(6)25(33-28)14-29-22(11-3)19(8)30(36)35-29/h13-15,32-33H,9-12H2,1-8H3,(H,35,36)/b24-13+,27-15+,29-14-. The number of nitrogens with zero attached hydrogens (tertiary/aromatic N) is 1. The minimum atomic E-state index is -0.122. The molecule has 3 N–H and O–H groups in total. The fourth-order valence-electron chi connectivity index (χ4n) is 5.57. The van der Waals surface area contributed by atoms with Crippen molar-refractivity contribution in [2.24, 2.45) is 4.99 Å². The Morgan fingerprint density at radius 1 is 0.676 bits per heavy atom. The van der Waals surface area contributed by atoms with Crippen LogP contribution in [0.1, 0.15) is 88.0 Å². The van der Waals surface area contributed by atoms with Gasteiger partial charge in [0, 0.05) is 38.9 Å². The third-order valence-electron chi connectivity index (χ3n) is 7.86. The summed E-state index contributed by atoms with van der Waals surface area (Å²) >= 11 is 0. The van der Waals surface area contributed by atoms with Gasteiger partial charge in [0.05, 0.1) is 5.71 Å². The van der Waals surface area contributed by atoms with E-state index >= 15 is 0 Å². The van der Waals surface area contributed by atoms with Crippen molar-refractivity contribution in [1.82, 2.24) is 15.3 Å². The molecule has 0 fully saturated rings. The SMILES string of the molecule is CCC1=C(C)C(/C=c2/[nH]/c(=C/c3[nH]c(/C=C4\NC(=O)C(C)=C4CC)c(C)c3CC)c(CC)c2C)=NC1=O. The largest absolute Gasteiger partial charge is 0.355 e. The van der Waals surface area contributed by atoms with E-state index in [9.17, 15) is 9.59 Å². The van der Waals surface area contributed by atoms with Crippen molar-refractivity contribution in [3.05, 3.63) is 72.3 Å². The Morgan fingerprint density at radius 2 is 1.35 bits per heavy atom. The Kier molecular flexibility index (Phi) is 7.39. The maximum atomic E-state index is 12.3. The third-order valence-corrected chi connectivity index (χ3v) is 7.86. The van der Waals surface area contributed by atoms with Gasteiger partial charge in [-0.25, -0.2) is 4.99 Å². The van der Waals surface area contributed by atoms with Gasteiger partial charge in [-0.05, 0) is 105 Å². The highest BCUT2D eigenvalue weighted by molar-refractivity contribution is 6.30. The minimum absolute atomic E-state index is 0.0160. The van der Waals surface area contributed by atoms with E-state index in [1.807, 2.05) is 26.8 Å². The molecule has 0 bridgehead atoms. The van der Waals surface area contributed by atoms with Gasteiger partial charge in [0.25, 0.3) is 11.8 Å². The van der Waals surface area contributed by atoms with E-state index < -0.39 is 0 Å². The number of aromatic amines is 2. The smallest absolute Gasteiger partial charge is 0.273 e. The van der Waals surface area contributed by atoms with Crippen LogP contribution < -0.4 is 16.0 Å². The molecular weight excluding hydrogens is 460 g/mol. The lowest BCUT2D eigenvalue weighted by molar-refractivity contribution is -0.116. The quantitative estimate of drug-likeness (QED) is 0.521. The molecular formula is C31H38N4O2. The molecule has 6 heteroatoms. The highest BCUT2D eigenvalue weighted by Gasteiger charge is 2.23. The molecule has 194 valence electrons. The van der Waals surface area contributed by atoms with Gasteiger partial charge in [0.1, 0.15) is 0 Å². The topological polar surface area (TPSA) is 90.1 Å². The monoisotopic (exact) mass is 498 g/mol. The Bertz CT molecular complexity index is 1550. The van der Waals surface area contributed by atoms with Crippen LogP contribution in [0.25, 0.3) is 18.2 Å². The summed E-state index contributed by atoms with van der Waals surface area (Å²) in [6.07, 6.45) is 9.53. The summed E-state index contributed by atoms with van der Waals surface area (Å²) in [7, 11) is 0. The van der Waals surface area contributed by atoms with Gasteiger partial charge in [-0.2, -0.15) is 0 Å². The number of carbonyl (C=O) groups excluding carboxylic acids is 2. The van der Waals surface area contributed by atoms with Crippen molar-refractivity contribution in [1.29, 1.82) is 0 Å². The zero-order valence-corrected chi connectivity index (χ0v) is 23.3. The second-order valence-corrected chi connectivity index (χ2v) is 9.84. The minimum Gasteiger partial charge on any atom is -0.355 e. The molecule has 0 atom stereocenters. The zero-order valence-electron chi connectivity index (χ0n) is 23.3. The van der Waals surface area contributed by atoms with Gasteiger partial charge in [-0.1, -0.05) is 27.7 Å². The average molecular weight is 499 g/mol. The molecule has 37 heavy (non-hydrogen) atoms. The van der Waals surface area contributed by atoms with Crippen molar-refractivity contribution >= 4 is 35.8 Å². The van der Waals surface area contributed by atoms with E-state index in [1.54, 1.807) is 0 Å². The van der Waals surface area contributed by atoms with E-state index in [-0.39, 0.29) is 11.8 Å². The molecule has 6 nitrogen and oxygen atoms in total. The number of allylic oxidation sites excluding steroid dienone is 2. The molecule has 0 spiro atoms. The van der Waals surface area contributed by atoms with Crippen LogP contribution in [0.4, 0.5) is 0 Å². The molecule has 2 aliphatic rings. The molecule has 0 aromatic carbocycles. The number of carbonyl (C=O) groups is 2. The Balaban J connectivity index is 1.83. The van der Waals surface area contributed by atoms with Crippen LogP contribution >= 0.6 is 0 Å². The van der Waals surface area contributed by atoms with Crippen molar-refractivity contribution in [3.63, 3.8) is 0 Å². The molecule has 4 rings (SSSR count).